The van der Waals surface area contributed by atoms with Gasteiger partial charge in [0.05, 0.1) is 0 Å². The van der Waals surface area contributed by atoms with E-state index in [2.05, 4.69) is 16.0 Å². The molecular formula is C52H72N6O10. The summed E-state index contributed by atoms with van der Waals surface area (Å²) >= 11 is 0. The van der Waals surface area contributed by atoms with Crippen molar-refractivity contribution in [3.8, 4) is 16.9 Å². The van der Waals surface area contributed by atoms with E-state index < -0.39 is 83.5 Å². The van der Waals surface area contributed by atoms with E-state index >= 15 is 0 Å². The van der Waals surface area contributed by atoms with Crippen LogP contribution >= 0.6 is 0 Å². The molecule has 1 unspecified atom stereocenters. The van der Waals surface area contributed by atoms with Crippen LogP contribution in [0, 0.1) is 11.8 Å². The third kappa shape index (κ3) is 14.3. The Bertz CT molecular complexity index is 2230. The summed E-state index contributed by atoms with van der Waals surface area (Å²) in [4.78, 5) is 98.3. The summed E-state index contributed by atoms with van der Waals surface area (Å²) in [6.45, 7) is 17.8. The Labute approximate surface area is 401 Å². The molecule has 0 saturated carbocycles. The standard InChI is InChI=1S/C52H72N6O10/c1-30(2)26-42(54-46(60)34(7)57(12)51(66)67-29-41-39-20-16-14-18-37(39)38-19-15-17-21-40(38)41)49(63)58(13)44(27-31(3)4)47(61)53-32(5)48(62)56(11)33(6)45(59)55-43(50(64)65)28-35-22-24-36(25-23-35)68-52(8,9)10/h14-25,30-34,41-44H,26-29H2,1-13H3,(H,53,61)(H,54,60)(H,55,59)(H,64,65)/t32-,33-,34-,42-,43?,44-/m0/s1. The number of ether oxygens (including phenoxy) is 2. The van der Waals surface area contributed by atoms with Gasteiger partial charge in [0.25, 0.3) is 0 Å². The maximum atomic E-state index is 14.3. The Morgan fingerprint density at radius 2 is 1.12 bits per heavy atom. The highest BCUT2D eigenvalue weighted by Gasteiger charge is 2.37. The first-order chi connectivity index (χ1) is 31.8. The molecule has 16 nitrogen and oxygen atoms in total. The highest BCUT2D eigenvalue weighted by molar-refractivity contribution is 5.96. The summed E-state index contributed by atoms with van der Waals surface area (Å²) in [6, 6.07) is 16.2. The zero-order valence-electron chi connectivity index (χ0n) is 41.9. The highest BCUT2D eigenvalue weighted by Crippen LogP contribution is 2.44. The summed E-state index contributed by atoms with van der Waals surface area (Å²) < 4.78 is 11.6. The number of nitrogens with zero attached hydrogens (tertiary/aromatic N) is 3. The highest BCUT2D eigenvalue weighted by atomic mass is 16.6. The number of carboxylic acid groups (broad SMARTS) is 1. The molecule has 68 heavy (non-hydrogen) atoms. The van der Waals surface area contributed by atoms with E-state index in [0.717, 1.165) is 27.2 Å². The van der Waals surface area contributed by atoms with Gasteiger partial charge >= 0.3 is 12.1 Å². The molecule has 16 heteroatoms. The number of nitrogens with one attached hydrogen (secondary N) is 3. The largest absolute Gasteiger partial charge is 0.488 e. The van der Waals surface area contributed by atoms with Crippen LogP contribution < -0.4 is 20.7 Å². The van der Waals surface area contributed by atoms with Gasteiger partial charge in [0.15, 0.2) is 0 Å². The van der Waals surface area contributed by atoms with Crippen molar-refractivity contribution < 1.29 is 48.1 Å². The second-order valence-electron chi connectivity index (χ2n) is 19.7. The van der Waals surface area contributed by atoms with Crippen molar-refractivity contribution in [2.45, 2.75) is 136 Å². The third-order valence-corrected chi connectivity index (χ3v) is 12.2. The topological polar surface area (TPSA) is 204 Å². The second-order valence-corrected chi connectivity index (χ2v) is 19.7. The number of aliphatic carboxylic acids is 1. The smallest absolute Gasteiger partial charge is 0.410 e. The van der Waals surface area contributed by atoms with Gasteiger partial charge in [-0.15, -0.1) is 0 Å². The molecule has 0 saturated heterocycles. The van der Waals surface area contributed by atoms with Gasteiger partial charge in [-0.25, -0.2) is 9.59 Å². The first-order valence-electron chi connectivity index (χ1n) is 23.3. The van der Waals surface area contributed by atoms with E-state index in [1.54, 1.807) is 31.2 Å². The van der Waals surface area contributed by atoms with Crippen molar-refractivity contribution in [1.29, 1.82) is 0 Å². The van der Waals surface area contributed by atoms with E-state index in [9.17, 15) is 38.7 Å². The molecule has 4 N–H and O–H groups in total. The van der Waals surface area contributed by atoms with Crippen LogP contribution in [0.3, 0.4) is 0 Å². The van der Waals surface area contributed by atoms with E-state index in [-0.39, 0.29) is 43.6 Å². The van der Waals surface area contributed by atoms with E-state index in [1.807, 2.05) is 97.0 Å². The maximum absolute atomic E-state index is 14.3. The number of carboxylic acids is 1. The fourth-order valence-corrected chi connectivity index (χ4v) is 8.12. The van der Waals surface area contributed by atoms with Crippen LogP contribution in [0.15, 0.2) is 72.8 Å². The van der Waals surface area contributed by atoms with Gasteiger partial charge in [-0.2, -0.15) is 0 Å². The van der Waals surface area contributed by atoms with Crippen molar-refractivity contribution in [2.24, 2.45) is 11.8 Å². The minimum Gasteiger partial charge on any atom is -0.488 e. The van der Waals surface area contributed by atoms with Gasteiger partial charge < -0.3 is 40.3 Å². The minimum absolute atomic E-state index is 0.0176. The molecule has 1 aliphatic carbocycles. The van der Waals surface area contributed by atoms with Crippen molar-refractivity contribution in [2.75, 3.05) is 27.7 Å². The number of rotatable bonds is 21. The number of carbonyl (C=O) groups excluding carboxylic acids is 6. The van der Waals surface area contributed by atoms with Crippen molar-refractivity contribution >= 4 is 41.6 Å². The van der Waals surface area contributed by atoms with Crippen LogP contribution in [0.2, 0.25) is 0 Å². The van der Waals surface area contributed by atoms with Crippen LogP contribution in [-0.4, -0.2) is 131 Å². The Kier molecular flexibility index (Phi) is 18.7. The number of benzene rings is 3. The molecule has 0 bridgehead atoms. The molecule has 0 radical (unpaired) electrons. The predicted molar refractivity (Wildman–Crippen MR) is 260 cm³/mol. The average Bonchev–Trinajstić information content (AvgIpc) is 3.60. The number of likely N-dealkylation sites (N-methyl/N-ethyl adjacent to an activating group) is 3. The zero-order valence-corrected chi connectivity index (χ0v) is 41.9. The van der Waals surface area contributed by atoms with Crippen molar-refractivity contribution in [3.63, 3.8) is 0 Å². The van der Waals surface area contributed by atoms with Gasteiger partial charge in [0.2, 0.25) is 29.5 Å². The monoisotopic (exact) mass is 941 g/mol. The lowest BCUT2D eigenvalue weighted by atomic mass is 9.98. The third-order valence-electron chi connectivity index (χ3n) is 12.2. The Morgan fingerprint density at radius 1 is 0.618 bits per heavy atom. The Balaban J connectivity index is 1.37. The maximum Gasteiger partial charge on any atom is 0.410 e. The Morgan fingerprint density at radius 3 is 1.62 bits per heavy atom. The van der Waals surface area contributed by atoms with Crippen LogP contribution in [0.1, 0.15) is 105 Å². The average molecular weight is 941 g/mol. The fourth-order valence-electron chi connectivity index (χ4n) is 8.12. The van der Waals surface area contributed by atoms with E-state index in [4.69, 9.17) is 9.47 Å². The molecule has 6 atom stereocenters. The molecule has 3 aromatic carbocycles. The molecule has 0 aliphatic heterocycles. The van der Waals surface area contributed by atoms with Gasteiger partial charge in [-0.05, 0) is 106 Å². The van der Waals surface area contributed by atoms with Crippen molar-refractivity contribution in [1.82, 2.24) is 30.7 Å². The minimum atomic E-state index is -1.29. The summed E-state index contributed by atoms with van der Waals surface area (Å²) in [7, 11) is 4.31. The lowest BCUT2D eigenvalue weighted by Gasteiger charge is -2.34. The summed E-state index contributed by atoms with van der Waals surface area (Å²) in [5, 5.41) is 18.0. The number of amides is 6. The van der Waals surface area contributed by atoms with Gasteiger partial charge in [0.1, 0.15) is 54.2 Å². The molecule has 0 fully saturated rings. The number of carbonyl (C=O) groups is 7. The summed E-state index contributed by atoms with van der Waals surface area (Å²) in [5.41, 5.74) is 4.51. The lowest BCUT2D eigenvalue weighted by Crippen LogP contribution is -2.59. The van der Waals surface area contributed by atoms with E-state index in [0.29, 0.717) is 11.3 Å². The number of fused-ring (bicyclic) bond motifs is 3. The van der Waals surface area contributed by atoms with Crippen LogP contribution in [0.5, 0.6) is 5.75 Å². The van der Waals surface area contributed by atoms with Crippen LogP contribution in [0.25, 0.3) is 11.1 Å². The predicted octanol–water partition coefficient (Wildman–Crippen LogP) is 6.00. The number of hydrogen-bond acceptors (Lipinski definition) is 9. The van der Waals surface area contributed by atoms with Crippen LogP contribution in [-0.2, 0) is 39.9 Å². The molecule has 4 rings (SSSR count). The summed E-state index contributed by atoms with van der Waals surface area (Å²) in [5.74, 6) is -4.01. The lowest BCUT2D eigenvalue weighted by molar-refractivity contribution is -0.146. The van der Waals surface area contributed by atoms with Gasteiger partial charge in [-0.1, -0.05) is 88.4 Å². The zero-order chi connectivity index (χ0) is 50.8. The Hall–Kier alpha value is -6.45. The van der Waals surface area contributed by atoms with Gasteiger partial charge in [-0.3, -0.25) is 28.9 Å². The molecule has 0 heterocycles. The molecular weight excluding hydrogens is 869 g/mol. The molecule has 3 aromatic rings. The first kappa shape index (κ1) is 54.2. The van der Waals surface area contributed by atoms with Gasteiger partial charge in [0, 0.05) is 33.5 Å². The summed E-state index contributed by atoms with van der Waals surface area (Å²) in [6.07, 6.45) is -0.273. The molecule has 1 aliphatic rings. The first-order valence-corrected chi connectivity index (χ1v) is 23.3. The number of hydrogen-bond donors (Lipinski definition) is 4. The molecule has 6 amide bonds. The fraction of sp³-hybridized carbons (Fsp3) is 0.519. The normalized spacial score (nSPS) is 14.8. The van der Waals surface area contributed by atoms with Crippen molar-refractivity contribution in [3.05, 3.63) is 89.5 Å². The second kappa shape index (κ2) is 23.5. The quantitative estimate of drug-likeness (QED) is 0.0981. The molecule has 370 valence electrons. The van der Waals surface area contributed by atoms with Crippen LogP contribution in [0.4, 0.5) is 4.79 Å². The SMILES string of the molecule is CC(C)C[C@H](NC(=O)[C@H](C)N(C)C(=O)OCC1c2ccccc2-c2ccccc21)C(=O)N(C)[C@@H](CC(C)C)C(=O)N[C@@H](C)C(=O)N(C)[C@@H](C)C(=O)NC(Cc1ccc(OC(C)(C)C)cc1)C(=O)O. The molecule has 0 spiro atoms. The molecule has 0 aromatic heterocycles. The van der Waals surface area contributed by atoms with E-state index in [1.165, 1.54) is 44.8 Å².